The third-order valence-corrected chi connectivity index (χ3v) is 2.99. The van der Waals surface area contributed by atoms with E-state index < -0.39 is 0 Å². The molecule has 1 heterocycles. The van der Waals surface area contributed by atoms with Gasteiger partial charge in [0, 0.05) is 12.1 Å². The topological polar surface area (TPSA) is 51.1 Å². The lowest BCUT2D eigenvalue weighted by Gasteiger charge is -2.28. The molecule has 1 aromatic carbocycles. The Morgan fingerprint density at radius 3 is 3.10 bits per heavy atom. The van der Waals surface area contributed by atoms with Gasteiger partial charge in [0.25, 0.3) is 5.91 Å². The number of carbonyl (C=O) groups is 1. The van der Waals surface area contributed by atoms with Crippen LogP contribution in [0.15, 0.2) is 23.4 Å². The Kier molecular flexibility index (Phi) is 4.26. The van der Waals surface area contributed by atoms with Crippen molar-refractivity contribution in [3.63, 3.8) is 0 Å². The van der Waals surface area contributed by atoms with E-state index in [2.05, 4.69) is 11.1 Å². The summed E-state index contributed by atoms with van der Waals surface area (Å²) in [7, 11) is 0. The zero-order valence-corrected chi connectivity index (χ0v) is 11.5. The molecule has 0 atom stereocenters. The van der Waals surface area contributed by atoms with E-state index in [4.69, 9.17) is 16.0 Å². The Bertz CT molecular complexity index is 587. The zero-order chi connectivity index (χ0) is 14.5. The highest BCUT2D eigenvalue weighted by Gasteiger charge is 2.24. The molecule has 0 bridgehead atoms. The van der Waals surface area contributed by atoms with E-state index in [-0.39, 0.29) is 19.1 Å². The fourth-order valence-electron chi connectivity index (χ4n) is 1.99. The molecule has 1 amide bonds. The number of hydrogen-bond donors (Lipinski definition) is 0. The van der Waals surface area contributed by atoms with Crippen molar-refractivity contribution in [3.8, 4) is 18.1 Å². The van der Waals surface area contributed by atoms with E-state index in [0.717, 1.165) is 11.3 Å². The number of ether oxygens (including phenoxy) is 1. The van der Waals surface area contributed by atoms with E-state index in [1.54, 1.807) is 4.90 Å². The van der Waals surface area contributed by atoms with Crippen molar-refractivity contribution in [3.05, 3.63) is 23.8 Å². The number of terminal acetylenes is 1. The Hall–Kier alpha value is -2.48. The fraction of sp³-hybridized carbons (Fsp3) is 0.333. The molecule has 0 N–H and O–H groups in total. The van der Waals surface area contributed by atoms with Crippen LogP contribution in [0.2, 0.25) is 0 Å². The molecular weight excluding hydrogens is 256 g/mol. The maximum Gasteiger partial charge on any atom is 0.265 e. The van der Waals surface area contributed by atoms with E-state index in [1.807, 2.05) is 32.0 Å². The zero-order valence-electron chi connectivity index (χ0n) is 11.5. The minimum Gasteiger partial charge on any atom is -0.482 e. The summed E-state index contributed by atoms with van der Waals surface area (Å²) < 4.78 is 5.41. The Labute approximate surface area is 118 Å². The van der Waals surface area contributed by atoms with Gasteiger partial charge in [-0.2, -0.15) is 0 Å². The van der Waals surface area contributed by atoms with Gasteiger partial charge in [0.15, 0.2) is 13.2 Å². The van der Waals surface area contributed by atoms with Crippen molar-refractivity contribution in [1.82, 2.24) is 0 Å². The number of likely N-dealkylation sites (N-methyl/N-ethyl adjacent to an activating group) is 1. The number of rotatable bonds is 4. The van der Waals surface area contributed by atoms with Gasteiger partial charge in [0.05, 0.1) is 11.4 Å². The molecule has 0 spiro atoms. The van der Waals surface area contributed by atoms with Crippen LogP contribution >= 0.6 is 0 Å². The lowest BCUT2D eigenvalue weighted by atomic mass is 10.1. The standard InChI is InChI=1S/C15H16N2O3/c1-4-8-20-16-11(3)12-6-7-14-13(9-12)17(5-2)15(18)10-19-14/h1,6-7,9H,5,8,10H2,2-3H3/b16-11+. The number of fused-ring (bicyclic) bond motifs is 1. The number of hydrogen-bond acceptors (Lipinski definition) is 4. The monoisotopic (exact) mass is 272 g/mol. The normalized spacial score (nSPS) is 14.3. The molecule has 1 aliphatic heterocycles. The Balaban J connectivity index is 2.31. The van der Waals surface area contributed by atoms with Crippen LogP contribution in [-0.4, -0.2) is 31.4 Å². The molecule has 5 heteroatoms. The molecule has 0 fully saturated rings. The molecule has 5 nitrogen and oxygen atoms in total. The van der Waals surface area contributed by atoms with Gasteiger partial charge in [-0.25, -0.2) is 0 Å². The highest BCUT2D eigenvalue weighted by molar-refractivity contribution is 6.02. The number of oxime groups is 1. The first-order valence-corrected chi connectivity index (χ1v) is 6.35. The third kappa shape index (κ3) is 2.75. The summed E-state index contributed by atoms with van der Waals surface area (Å²) in [4.78, 5) is 18.5. The number of amides is 1. The molecule has 0 aromatic heterocycles. The molecule has 0 saturated carbocycles. The second kappa shape index (κ2) is 6.11. The molecule has 1 aromatic rings. The summed E-state index contributed by atoms with van der Waals surface area (Å²) in [6, 6.07) is 5.58. The molecule has 0 saturated heterocycles. The van der Waals surface area contributed by atoms with Crippen LogP contribution in [0.5, 0.6) is 5.75 Å². The van der Waals surface area contributed by atoms with Gasteiger partial charge in [-0.1, -0.05) is 11.1 Å². The first kappa shape index (κ1) is 13.9. The number of carbonyl (C=O) groups excluding carboxylic acids is 1. The lowest BCUT2D eigenvalue weighted by molar-refractivity contribution is -0.121. The summed E-state index contributed by atoms with van der Waals surface area (Å²) in [5, 5.41) is 3.93. The smallest absolute Gasteiger partial charge is 0.265 e. The van der Waals surface area contributed by atoms with Crippen molar-refractivity contribution in [2.75, 3.05) is 24.7 Å². The summed E-state index contributed by atoms with van der Waals surface area (Å²) >= 11 is 0. The van der Waals surface area contributed by atoms with E-state index in [0.29, 0.717) is 18.0 Å². The number of benzene rings is 1. The Morgan fingerprint density at radius 1 is 1.60 bits per heavy atom. The first-order chi connectivity index (χ1) is 9.67. The van der Waals surface area contributed by atoms with Gasteiger partial charge in [-0.15, -0.1) is 6.42 Å². The van der Waals surface area contributed by atoms with E-state index >= 15 is 0 Å². The quantitative estimate of drug-likeness (QED) is 0.363. The van der Waals surface area contributed by atoms with E-state index in [1.165, 1.54) is 0 Å². The second-order valence-corrected chi connectivity index (χ2v) is 4.26. The van der Waals surface area contributed by atoms with Crippen LogP contribution in [-0.2, 0) is 9.63 Å². The van der Waals surface area contributed by atoms with Gasteiger partial charge in [-0.05, 0) is 32.0 Å². The average molecular weight is 272 g/mol. The molecule has 2 rings (SSSR count). The van der Waals surface area contributed by atoms with Gasteiger partial charge in [0.1, 0.15) is 5.75 Å². The van der Waals surface area contributed by atoms with Gasteiger partial charge >= 0.3 is 0 Å². The van der Waals surface area contributed by atoms with Crippen molar-refractivity contribution in [2.45, 2.75) is 13.8 Å². The lowest BCUT2D eigenvalue weighted by Crippen LogP contribution is -2.38. The maximum absolute atomic E-state index is 11.8. The van der Waals surface area contributed by atoms with Crippen LogP contribution in [0.25, 0.3) is 0 Å². The van der Waals surface area contributed by atoms with Gasteiger partial charge < -0.3 is 14.5 Å². The fourth-order valence-corrected chi connectivity index (χ4v) is 1.99. The van der Waals surface area contributed by atoms with Crippen molar-refractivity contribution < 1.29 is 14.4 Å². The average Bonchev–Trinajstić information content (AvgIpc) is 2.46. The third-order valence-electron chi connectivity index (χ3n) is 2.99. The van der Waals surface area contributed by atoms with Crippen LogP contribution in [0.3, 0.4) is 0 Å². The SMILES string of the molecule is C#CCO/N=C(\C)c1ccc2c(c1)N(CC)C(=O)CO2. The summed E-state index contributed by atoms with van der Waals surface area (Å²) in [5.74, 6) is 3.00. The van der Waals surface area contributed by atoms with Crippen molar-refractivity contribution in [1.29, 1.82) is 0 Å². The predicted octanol–water partition coefficient (Wildman–Crippen LogP) is 1.81. The molecule has 20 heavy (non-hydrogen) atoms. The molecule has 104 valence electrons. The molecule has 0 radical (unpaired) electrons. The van der Waals surface area contributed by atoms with Crippen LogP contribution in [0.4, 0.5) is 5.69 Å². The number of nitrogens with zero attached hydrogens (tertiary/aromatic N) is 2. The summed E-state index contributed by atoms with van der Waals surface area (Å²) in [5.41, 5.74) is 2.31. The molecule has 0 aliphatic carbocycles. The minimum atomic E-state index is -0.0460. The largest absolute Gasteiger partial charge is 0.482 e. The van der Waals surface area contributed by atoms with Gasteiger partial charge in [-0.3, -0.25) is 4.79 Å². The van der Waals surface area contributed by atoms with E-state index in [9.17, 15) is 4.79 Å². The minimum absolute atomic E-state index is 0.0460. The maximum atomic E-state index is 11.8. The highest BCUT2D eigenvalue weighted by atomic mass is 16.6. The first-order valence-electron chi connectivity index (χ1n) is 6.35. The van der Waals surface area contributed by atoms with Crippen LogP contribution < -0.4 is 9.64 Å². The summed E-state index contributed by atoms with van der Waals surface area (Å²) in [6.07, 6.45) is 5.09. The van der Waals surface area contributed by atoms with Crippen LogP contribution in [0.1, 0.15) is 19.4 Å². The summed E-state index contributed by atoms with van der Waals surface area (Å²) in [6.45, 7) is 4.56. The number of anilines is 1. The molecule has 0 unspecified atom stereocenters. The predicted molar refractivity (Wildman–Crippen MR) is 77.0 cm³/mol. The second-order valence-electron chi connectivity index (χ2n) is 4.26. The van der Waals surface area contributed by atoms with Crippen LogP contribution in [0, 0.1) is 12.3 Å². The highest BCUT2D eigenvalue weighted by Crippen LogP contribution is 2.32. The van der Waals surface area contributed by atoms with Gasteiger partial charge in [0.2, 0.25) is 0 Å². The van der Waals surface area contributed by atoms with Crippen molar-refractivity contribution >= 4 is 17.3 Å². The molecule has 1 aliphatic rings. The Morgan fingerprint density at radius 2 is 2.40 bits per heavy atom. The van der Waals surface area contributed by atoms with Crippen molar-refractivity contribution in [2.24, 2.45) is 5.16 Å². The molecular formula is C15H16N2O3.